The first-order chi connectivity index (χ1) is 9.54. The monoisotopic (exact) mass is 294 g/mol. The lowest BCUT2D eigenvalue weighted by atomic mass is 10.1. The first kappa shape index (κ1) is 15.2. The Morgan fingerprint density at radius 1 is 1.10 bits per heavy atom. The zero-order valence-corrected chi connectivity index (χ0v) is 12.8. The average Bonchev–Trinajstić information content (AvgIpc) is 3.28. The van der Waals surface area contributed by atoms with Crippen molar-refractivity contribution in [2.75, 3.05) is 5.75 Å². The summed E-state index contributed by atoms with van der Waals surface area (Å²) < 4.78 is 24.3. The van der Waals surface area contributed by atoms with Crippen LogP contribution in [0.15, 0.2) is 29.2 Å². The number of ketones is 1. The predicted octanol–water partition coefficient (Wildman–Crippen LogP) is 3.63. The largest absolute Gasteiger partial charge is 0.294 e. The molecule has 110 valence electrons. The van der Waals surface area contributed by atoms with Gasteiger partial charge in [-0.05, 0) is 31.4 Å². The Kier molecular flexibility index (Phi) is 4.97. The third kappa shape index (κ3) is 3.92. The van der Waals surface area contributed by atoms with Crippen LogP contribution in [0.25, 0.3) is 0 Å². The summed E-state index contributed by atoms with van der Waals surface area (Å²) in [7, 11) is -3.20. The minimum absolute atomic E-state index is 0.150. The van der Waals surface area contributed by atoms with Crippen LogP contribution in [-0.4, -0.2) is 20.0 Å². The second-order valence-electron chi connectivity index (χ2n) is 5.54. The van der Waals surface area contributed by atoms with Gasteiger partial charge in [-0.2, -0.15) is 0 Å². The van der Waals surface area contributed by atoms with E-state index in [1.54, 1.807) is 24.3 Å². The van der Waals surface area contributed by atoms with Crippen molar-refractivity contribution in [1.82, 2.24) is 0 Å². The molecule has 4 heteroatoms. The van der Waals surface area contributed by atoms with E-state index in [1.807, 2.05) is 0 Å². The van der Waals surface area contributed by atoms with Crippen LogP contribution in [0.4, 0.5) is 0 Å². The van der Waals surface area contributed by atoms with E-state index in [0.29, 0.717) is 16.9 Å². The Morgan fingerprint density at radius 2 is 1.75 bits per heavy atom. The van der Waals surface area contributed by atoms with Crippen molar-refractivity contribution >= 4 is 15.6 Å². The minimum Gasteiger partial charge on any atom is -0.294 e. The van der Waals surface area contributed by atoms with E-state index in [-0.39, 0.29) is 17.5 Å². The summed E-state index contributed by atoms with van der Waals surface area (Å²) in [4.78, 5) is 12.2. The molecule has 0 radical (unpaired) electrons. The van der Waals surface area contributed by atoms with Crippen molar-refractivity contribution in [2.45, 2.75) is 50.3 Å². The highest BCUT2D eigenvalue weighted by Crippen LogP contribution is 2.32. The van der Waals surface area contributed by atoms with Crippen molar-refractivity contribution in [3.05, 3.63) is 29.8 Å². The van der Waals surface area contributed by atoms with Gasteiger partial charge in [0, 0.05) is 11.5 Å². The van der Waals surface area contributed by atoms with Gasteiger partial charge in [-0.1, -0.05) is 38.3 Å². The molecule has 1 aliphatic rings. The van der Waals surface area contributed by atoms with Crippen LogP contribution < -0.4 is 0 Å². The number of carbonyl (C=O) groups excluding carboxylic acids is 1. The molecule has 1 fully saturated rings. The summed E-state index contributed by atoms with van der Waals surface area (Å²) in [5, 5.41) is 0. The molecule has 2 rings (SSSR count). The maximum absolute atomic E-state index is 12.1. The molecule has 0 heterocycles. The molecule has 1 aromatic rings. The van der Waals surface area contributed by atoms with Gasteiger partial charge >= 0.3 is 0 Å². The molecule has 0 saturated heterocycles. The van der Waals surface area contributed by atoms with Crippen LogP contribution in [0.3, 0.4) is 0 Å². The molecule has 0 unspecified atom stereocenters. The molecule has 0 aromatic heterocycles. The zero-order valence-electron chi connectivity index (χ0n) is 12.0. The number of hydrogen-bond acceptors (Lipinski definition) is 3. The highest BCUT2D eigenvalue weighted by molar-refractivity contribution is 7.91. The summed E-state index contributed by atoms with van der Waals surface area (Å²) in [5.74, 6) is 0.520. The van der Waals surface area contributed by atoms with Gasteiger partial charge in [-0.15, -0.1) is 0 Å². The number of sulfone groups is 1. The van der Waals surface area contributed by atoms with E-state index in [4.69, 9.17) is 0 Å². The molecule has 0 bridgehead atoms. The number of benzene rings is 1. The first-order valence-electron chi connectivity index (χ1n) is 7.41. The Bertz CT molecular complexity index is 554. The number of hydrogen-bond donors (Lipinski definition) is 0. The molecule has 0 aliphatic heterocycles. The van der Waals surface area contributed by atoms with Gasteiger partial charge in [0.1, 0.15) is 0 Å². The molecule has 1 saturated carbocycles. The highest BCUT2D eigenvalue weighted by Gasteiger charge is 2.30. The van der Waals surface area contributed by atoms with Gasteiger partial charge in [0.05, 0.1) is 10.6 Å². The lowest BCUT2D eigenvalue weighted by molar-refractivity contribution is 0.0967. The van der Waals surface area contributed by atoms with Crippen LogP contribution in [0.1, 0.15) is 55.8 Å². The summed E-state index contributed by atoms with van der Waals surface area (Å²) in [5.41, 5.74) is 0.637. The first-order valence-corrected chi connectivity index (χ1v) is 9.07. The zero-order chi connectivity index (χ0) is 14.6. The van der Waals surface area contributed by atoms with E-state index in [2.05, 4.69) is 6.92 Å². The number of rotatable bonds is 8. The minimum atomic E-state index is -3.20. The lowest BCUT2D eigenvalue weighted by Crippen LogP contribution is -2.08. The van der Waals surface area contributed by atoms with Crippen molar-refractivity contribution in [2.24, 2.45) is 5.92 Å². The summed E-state index contributed by atoms with van der Waals surface area (Å²) in [6.45, 7) is 2.10. The van der Waals surface area contributed by atoms with Crippen molar-refractivity contribution in [1.29, 1.82) is 0 Å². The quantitative estimate of drug-likeness (QED) is 0.543. The molecule has 0 spiro atoms. The second kappa shape index (κ2) is 6.53. The van der Waals surface area contributed by atoms with E-state index in [9.17, 15) is 13.2 Å². The van der Waals surface area contributed by atoms with Crippen molar-refractivity contribution < 1.29 is 13.2 Å². The molecule has 3 nitrogen and oxygen atoms in total. The van der Waals surface area contributed by atoms with Crippen LogP contribution in [0, 0.1) is 5.92 Å². The topological polar surface area (TPSA) is 51.2 Å². The third-order valence-electron chi connectivity index (χ3n) is 3.71. The van der Waals surface area contributed by atoms with E-state index in [0.717, 1.165) is 32.1 Å². The maximum atomic E-state index is 12.1. The second-order valence-corrected chi connectivity index (χ2v) is 7.65. The molecule has 1 aliphatic carbocycles. The molecular formula is C16H22O3S. The van der Waals surface area contributed by atoms with E-state index >= 15 is 0 Å². The molecule has 0 N–H and O–H groups in total. The van der Waals surface area contributed by atoms with E-state index in [1.165, 1.54) is 0 Å². The van der Waals surface area contributed by atoms with Gasteiger partial charge in [-0.25, -0.2) is 8.42 Å². The predicted molar refractivity (Wildman–Crippen MR) is 79.7 cm³/mol. The van der Waals surface area contributed by atoms with Crippen molar-refractivity contribution in [3.8, 4) is 0 Å². The molecule has 0 amide bonds. The van der Waals surface area contributed by atoms with E-state index < -0.39 is 9.84 Å². The highest BCUT2D eigenvalue weighted by atomic mass is 32.2. The number of carbonyl (C=O) groups is 1. The standard InChI is InChI=1S/C16H22O3S/c1-2-3-4-5-12-20(18,19)15-10-8-14(9-11-15)16(17)13-6-7-13/h8-11,13H,2-7,12H2,1H3. The molecular weight excluding hydrogens is 272 g/mol. The fourth-order valence-electron chi connectivity index (χ4n) is 2.24. The normalized spacial score (nSPS) is 15.2. The van der Waals surface area contributed by atoms with Crippen LogP contribution in [0.2, 0.25) is 0 Å². The van der Waals surface area contributed by atoms with Gasteiger partial charge in [0.25, 0.3) is 0 Å². The van der Waals surface area contributed by atoms with Crippen LogP contribution in [-0.2, 0) is 9.84 Å². The van der Waals surface area contributed by atoms with Gasteiger partial charge in [0.2, 0.25) is 0 Å². The number of unbranched alkanes of at least 4 members (excludes halogenated alkanes) is 3. The van der Waals surface area contributed by atoms with Gasteiger partial charge in [-0.3, -0.25) is 4.79 Å². The molecule has 20 heavy (non-hydrogen) atoms. The number of Topliss-reactive ketones (excluding diaryl/α,β-unsaturated/α-hetero) is 1. The summed E-state index contributed by atoms with van der Waals surface area (Å²) in [6, 6.07) is 6.45. The summed E-state index contributed by atoms with van der Waals surface area (Å²) in [6.07, 6.45) is 5.77. The maximum Gasteiger partial charge on any atom is 0.178 e. The fourth-order valence-corrected chi connectivity index (χ4v) is 3.62. The Morgan fingerprint density at radius 3 is 2.30 bits per heavy atom. The van der Waals surface area contributed by atoms with Gasteiger partial charge in [0.15, 0.2) is 15.6 Å². The molecule has 1 aromatic carbocycles. The molecule has 0 atom stereocenters. The van der Waals surface area contributed by atoms with Gasteiger partial charge < -0.3 is 0 Å². The Hall–Kier alpha value is -1.16. The fraction of sp³-hybridized carbons (Fsp3) is 0.562. The third-order valence-corrected chi connectivity index (χ3v) is 5.53. The smallest absolute Gasteiger partial charge is 0.178 e. The lowest BCUT2D eigenvalue weighted by Gasteiger charge is -2.05. The van der Waals surface area contributed by atoms with Crippen LogP contribution >= 0.6 is 0 Å². The Labute approximate surface area is 121 Å². The summed E-state index contributed by atoms with van der Waals surface area (Å²) >= 11 is 0. The Balaban J connectivity index is 1.99. The average molecular weight is 294 g/mol. The van der Waals surface area contributed by atoms with Crippen LogP contribution in [0.5, 0.6) is 0 Å². The SMILES string of the molecule is CCCCCCS(=O)(=O)c1ccc(C(=O)C2CC2)cc1. The van der Waals surface area contributed by atoms with Crippen molar-refractivity contribution in [3.63, 3.8) is 0 Å².